The largest absolute Gasteiger partial charge is 0.273 e. The fraction of sp³-hybridized carbons (Fsp3) is 0.412. The van der Waals surface area contributed by atoms with Gasteiger partial charge in [0.25, 0.3) is 5.69 Å². The second kappa shape index (κ2) is 6.04. The maximum atomic E-state index is 11.3. The third-order valence-electron chi connectivity index (χ3n) is 4.23. The summed E-state index contributed by atoms with van der Waals surface area (Å²) in [5, 5.41) is 11.3. The molecule has 0 aromatic heterocycles. The predicted octanol–water partition coefficient (Wildman–Crippen LogP) is 4.93. The zero-order chi connectivity index (χ0) is 14.7. The fourth-order valence-corrected chi connectivity index (χ4v) is 3.11. The van der Waals surface area contributed by atoms with Crippen LogP contribution in [0.25, 0.3) is 0 Å². The van der Waals surface area contributed by atoms with Crippen LogP contribution < -0.4 is 0 Å². The molecule has 0 spiro atoms. The van der Waals surface area contributed by atoms with Crippen LogP contribution in [0.1, 0.15) is 50.7 Å². The standard InChI is InChI=1S/C17H21NO2/c1-4-13(5-2)12(3)15-10-6-8-14-9-7-11-16(17(14)15)18(19)20/h6-7,9-11,15H,4-5,8H2,1-3H3. The molecular weight excluding hydrogens is 250 g/mol. The summed E-state index contributed by atoms with van der Waals surface area (Å²) in [5.41, 5.74) is 4.88. The lowest BCUT2D eigenvalue weighted by Gasteiger charge is -2.23. The first-order chi connectivity index (χ1) is 9.60. The van der Waals surface area contributed by atoms with E-state index < -0.39 is 0 Å². The van der Waals surface area contributed by atoms with E-state index in [1.54, 1.807) is 12.1 Å². The van der Waals surface area contributed by atoms with Gasteiger partial charge in [-0.05, 0) is 31.7 Å². The van der Waals surface area contributed by atoms with E-state index in [1.807, 2.05) is 6.07 Å². The van der Waals surface area contributed by atoms with E-state index in [0.717, 1.165) is 30.4 Å². The molecule has 2 rings (SSSR count). The molecule has 106 valence electrons. The molecule has 1 aliphatic rings. The van der Waals surface area contributed by atoms with Crippen LogP contribution in [0.15, 0.2) is 41.5 Å². The third-order valence-corrected chi connectivity index (χ3v) is 4.23. The summed E-state index contributed by atoms with van der Waals surface area (Å²) in [6, 6.07) is 5.41. The first kappa shape index (κ1) is 14.5. The van der Waals surface area contributed by atoms with E-state index >= 15 is 0 Å². The van der Waals surface area contributed by atoms with Crippen LogP contribution in [0.5, 0.6) is 0 Å². The average molecular weight is 271 g/mol. The van der Waals surface area contributed by atoms with Crippen molar-refractivity contribution in [2.24, 2.45) is 0 Å². The van der Waals surface area contributed by atoms with Gasteiger partial charge in [0, 0.05) is 17.5 Å². The predicted molar refractivity (Wildman–Crippen MR) is 82.0 cm³/mol. The van der Waals surface area contributed by atoms with E-state index in [9.17, 15) is 10.1 Å². The van der Waals surface area contributed by atoms with Gasteiger partial charge in [0.1, 0.15) is 0 Å². The van der Waals surface area contributed by atoms with Gasteiger partial charge < -0.3 is 0 Å². The highest BCUT2D eigenvalue weighted by molar-refractivity contribution is 5.55. The Bertz CT molecular complexity index is 579. The Morgan fingerprint density at radius 1 is 1.35 bits per heavy atom. The molecule has 0 saturated heterocycles. The minimum atomic E-state index is -0.254. The van der Waals surface area contributed by atoms with Gasteiger partial charge in [-0.1, -0.05) is 49.3 Å². The van der Waals surface area contributed by atoms with Crippen LogP contribution >= 0.6 is 0 Å². The van der Waals surface area contributed by atoms with Crippen molar-refractivity contribution in [2.75, 3.05) is 0 Å². The minimum absolute atomic E-state index is 0.0512. The maximum absolute atomic E-state index is 11.3. The summed E-state index contributed by atoms with van der Waals surface area (Å²) in [6.07, 6.45) is 7.04. The lowest BCUT2D eigenvalue weighted by molar-refractivity contribution is -0.385. The number of nitro benzene ring substituents is 1. The highest BCUT2D eigenvalue weighted by Gasteiger charge is 2.27. The van der Waals surface area contributed by atoms with Crippen molar-refractivity contribution in [3.05, 3.63) is 62.7 Å². The second-order valence-electron chi connectivity index (χ2n) is 5.21. The quantitative estimate of drug-likeness (QED) is 0.443. The summed E-state index contributed by atoms with van der Waals surface area (Å²) in [6.45, 7) is 6.41. The molecule has 3 heteroatoms. The highest BCUT2D eigenvalue weighted by atomic mass is 16.6. The molecule has 0 amide bonds. The monoisotopic (exact) mass is 271 g/mol. The van der Waals surface area contributed by atoms with Crippen molar-refractivity contribution in [3.8, 4) is 0 Å². The number of nitro groups is 1. The summed E-state index contributed by atoms with van der Waals surface area (Å²) >= 11 is 0. The first-order valence-corrected chi connectivity index (χ1v) is 7.21. The lowest BCUT2D eigenvalue weighted by atomic mass is 9.80. The Hall–Kier alpha value is -1.90. The van der Waals surface area contributed by atoms with Crippen LogP contribution in [-0.2, 0) is 6.42 Å². The number of hydrogen-bond donors (Lipinski definition) is 0. The Kier molecular flexibility index (Phi) is 4.38. The summed E-state index contributed by atoms with van der Waals surface area (Å²) in [7, 11) is 0. The normalized spacial score (nSPS) is 16.6. The Morgan fingerprint density at radius 3 is 2.65 bits per heavy atom. The van der Waals surface area contributed by atoms with Crippen LogP contribution in [0.2, 0.25) is 0 Å². The van der Waals surface area contributed by atoms with Crippen molar-refractivity contribution >= 4 is 5.69 Å². The molecule has 3 nitrogen and oxygen atoms in total. The van der Waals surface area contributed by atoms with E-state index in [-0.39, 0.29) is 16.5 Å². The van der Waals surface area contributed by atoms with Gasteiger partial charge in [-0.15, -0.1) is 0 Å². The van der Waals surface area contributed by atoms with Gasteiger partial charge in [-0.3, -0.25) is 10.1 Å². The second-order valence-corrected chi connectivity index (χ2v) is 5.21. The molecule has 0 heterocycles. The molecule has 1 aromatic carbocycles. The van der Waals surface area contributed by atoms with E-state index in [1.165, 1.54) is 11.1 Å². The van der Waals surface area contributed by atoms with Crippen molar-refractivity contribution in [2.45, 2.75) is 46.0 Å². The molecule has 0 bridgehead atoms. The Labute approximate surface area is 120 Å². The highest BCUT2D eigenvalue weighted by Crippen LogP contribution is 2.40. The SMILES string of the molecule is CCC(CC)=C(C)C1C=CCc2cccc([N+](=O)[O-])c21. The number of allylic oxidation sites excluding steroid dienone is 4. The van der Waals surface area contributed by atoms with Gasteiger partial charge in [0.05, 0.1) is 4.92 Å². The van der Waals surface area contributed by atoms with Crippen LogP contribution in [-0.4, -0.2) is 4.92 Å². The van der Waals surface area contributed by atoms with Crippen LogP contribution in [0, 0.1) is 10.1 Å². The Morgan fingerprint density at radius 2 is 2.05 bits per heavy atom. The van der Waals surface area contributed by atoms with Crippen molar-refractivity contribution in [3.63, 3.8) is 0 Å². The molecule has 0 radical (unpaired) electrons. The zero-order valence-electron chi connectivity index (χ0n) is 12.3. The Balaban J connectivity index is 2.60. The zero-order valence-corrected chi connectivity index (χ0v) is 12.3. The molecule has 0 N–H and O–H groups in total. The molecule has 1 aliphatic carbocycles. The summed E-state index contributed by atoms with van der Waals surface area (Å²) in [5.74, 6) is 0.0512. The average Bonchev–Trinajstić information content (AvgIpc) is 2.46. The third kappa shape index (κ3) is 2.53. The molecule has 20 heavy (non-hydrogen) atoms. The topological polar surface area (TPSA) is 43.1 Å². The minimum Gasteiger partial charge on any atom is -0.258 e. The molecule has 0 saturated carbocycles. The van der Waals surface area contributed by atoms with Gasteiger partial charge in [0.15, 0.2) is 0 Å². The fourth-order valence-electron chi connectivity index (χ4n) is 3.11. The molecule has 1 unspecified atom stereocenters. The van der Waals surface area contributed by atoms with Crippen LogP contribution in [0.4, 0.5) is 5.69 Å². The van der Waals surface area contributed by atoms with E-state index in [2.05, 4.69) is 32.9 Å². The number of nitrogens with zero attached hydrogens (tertiary/aromatic N) is 1. The molecular formula is C17H21NO2. The van der Waals surface area contributed by atoms with E-state index in [0.29, 0.717) is 0 Å². The van der Waals surface area contributed by atoms with Crippen LogP contribution in [0.3, 0.4) is 0 Å². The number of rotatable bonds is 4. The summed E-state index contributed by atoms with van der Waals surface area (Å²) < 4.78 is 0. The van der Waals surface area contributed by atoms with Gasteiger partial charge in [-0.2, -0.15) is 0 Å². The van der Waals surface area contributed by atoms with Crippen molar-refractivity contribution < 1.29 is 4.92 Å². The van der Waals surface area contributed by atoms with Crippen molar-refractivity contribution in [1.29, 1.82) is 0 Å². The van der Waals surface area contributed by atoms with Gasteiger partial charge in [-0.25, -0.2) is 0 Å². The number of benzene rings is 1. The number of fused-ring (bicyclic) bond motifs is 1. The number of hydrogen-bond acceptors (Lipinski definition) is 2. The maximum Gasteiger partial charge on any atom is 0.273 e. The van der Waals surface area contributed by atoms with Crippen molar-refractivity contribution in [1.82, 2.24) is 0 Å². The first-order valence-electron chi connectivity index (χ1n) is 7.21. The van der Waals surface area contributed by atoms with Gasteiger partial charge in [0.2, 0.25) is 0 Å². The summed E-state index contributed by atoms with van der Waals surface area (Å²) in [4.78, 5) is 11.1. The molecule has 0 fully saturated rings. The van der Waals surface area contributed by atoms with E-state index in [4.69, 9.17) is 0 Å². The molecule has 0 aliphatic heterocycles. The molecule has 1 atom stereocenters. The lowest BCUT2D eigenvalue weighted by Crippen LogP contribution is -2.10. The molecule has 1 aromatic rings. The van der Waals surface area contributed by atoms with Gasteiger partial charge >= 0.3 is 0 Å². The smallest absolute Gasteiger partial charge is 0.258 e.